The molecule has 0 N–H and O–H groups in total. The van der Waals surface area contributed by atoms with Gasteiger partial charge in [-0.15, -0.1) is 0 Å². The highest BCUT2D eigenvalue weighted by Gasteiger charge is 2.49. The van der Waals surface area contributed by atoms with E-state index in [2.05, 4.69) is 79.7 Å². The van der Waals surface area contributed by atoms with Gasteiger partial charge in [0.25, 0.3) is 5.69 Å². The van der Waals surface area contributed by atoms with Crippen LogP contribution in [0.5, 0.6) is 0 Å². The molecule has 1 spiro atoms. The van der Waals surface area contributed by atoms with E-state index in [1.165, 1.54) is 23.3 Å². The molecular weight excluding hydrogens is 659 g/mol. The van der Waals surface area contributed by atoms with Gasteiger partial charge in [-0.25, -0.2) is 0 Å². The monoisotopic (exact) mass is 712 g/mol. The van der Waals surface area contributed by atoms with Crippen molar-refractivity contribution < 1.29 is 22.7 Å². The van der Waals surface area contributed by atoms with Gasteiger partial charge in [0, 0.05) is 59.6 Å². The topological polar surface area (TPSA) is 49.4 Å². The predicted molar refractivity (Wildman–Crippen MR) is 205 cm³/mol. The summed E-state index contributed by atoms with van der Waals surface area (Å²) in [6.45, 7) is 14.2. The van der Waals surface area contributed by atoms with E-state index in [1.54, 1.807) is 18.2 Å². The average molecular weight is 713 g/mol. The van der Waals surface area contributed by atoms with Gasteiger partial charge in [-0.05, 0) is 92.3 Å². The molecule has 5 nitrogen and oxygen atoms in total. The van der Waals surface area contributed by atoms with Crippen molar-refractivity contribution in [1.29, 1.82) is 0 Å². The number of hydrogen-bond acceptors (Lipinski definition) is 3. The largest absolute Gasteiger partial charge is 0.416 e. The number of benzene rings is 3. The van der Waals surface area contributed by atoms with Crippen LogP contribution in [0.2, 0.25) is 0 Å². The van der Waals surface area contributed by atoms with Crippen LogP contribution in [0.3, 0.4) is 0 Å². The molecule has 0 amide bonds. The Bertz CT molecular complexity index is 1890. The lowest BCUT2D eigenvalue weighted by Crippen LogP contribution is -2.34. The van der Waals surface area contributed by atoms with Crippen molar-refractivity contribution in [3.05, 3.63) is 123 Å². The molecule has 0 bridgehead atoms. The van der Waals surface area contributed by atoms with Crippen LogP contribution in [0.4, 0.5) is 30.2 Å². The minimum Gasteiger partial charge on any atom is -0.344 e. The number of non-ortho nitro benzene ring substituents is 1. The number of nitro benzene ring substituents is 1. The molecule has 2 aliphatic heterocycles. The zero-order valence-corrected chi connectivity index (χ0v) is 31.5. The van der Waals surface area contributed by atoms with Gasteiger partial charge < -0.3 is 4.90 Å². The summed E-state index contributed by atoms with van der Waals surface area (Å²) >= 11 is 0. The maximum Gasteiger partial charge on any atom is 0.416 e. The van der Waals surface area contributed by atoms with Crippen LogP contribution in [0.1, 0.15) is 108 Å². The Morgan fingerprint density at radius 1 is 0.904 bits per heavy atom. The van der Waals surface area contributed by atoms with Crippen LogP contribution in [0.25, 0.3) is 0 Å². The summed E-state index contributed by atoms with van der Waals surface area (Å²) < 4.78 is 43.8. The summed E-state index contributed by atoms with van der Waals surface area (Å²) in [4.78, 5) is 14.1. The minimum absolute atomic E-state index is 0.112. The van der Waals surface area contributed by atoms with Crippen LogP contribution in [-0.4, -0.2) is 28.3 Å². The van der Waals surface area contributed by atoms with Crippen molar-refractivity contribution in [3.8, 4) is 0 Å². The fourth-order valence-electron chi connectivity index (χ4n) is 8.72. The highest BCUT2D eigenvalue weighted by Crippen LogP contribution is 2.56. The van der Waals surface area contributed by atoms with Crippen molar-refractivity contribution in [3.63, 3.8) is 0 Å². The Morgan fingerprint density at radius 3 is 2.23 bits per heavy atom. The number of fused-ring (bicyclic) bond motifs is 3. The third-order valence-electron chi connectivity index (χ3n) is 11.4. The van der Waals surface area contributed by atoms with Gasteiger partial charge in [-0.2, -0.15) is 17.7 Å². The van der Waals surface area contributed by atoms with Gasteiger partial charge in [0.1, 0.15) is 6.54 Å². The van der Waals surface area contributed by atoms with Crippen LogP contribution in [-0.2, 0) is 29.8 Å². The molecule has 3 aromatic carbocycles. The first-order valence-electron chi connectivity index (χ1n) is 19.0. The van der Waals surface area contributed by atoms with Crippen LogP contribution < -0.4 is 4.90 Å². The molecule has 52 heavy (non-hydrogen) atoms. The molecule has 8 heteroatoms. The third-order valence-corrected chi connectivity index (χ3v) is 11.4. The van der Waals surface area contributed by atoms with Crippen molar-refractivity contribution in [2.75, 3.05) is 18.0 Å². The number of nitrogens with zero attached hydrogens (tertiary/aromatic N) is 3. The molecule has 1 aliphatic carbocycles. The quantitative estimate of drug-likeness (QED) is 0.113. The molecule has 1 fully saturated rings. The number of hydrogen-bond donors (Lipinski definition) is 0. The van der Waals surface area contributed by atoms with Crippen molar-refractivity contribution in [1.82, 2.24) is 0 Å². The zero-order chi connectivity index (χ0) is 37.4. The molecule has 2 heterocycles. The summed E-state index contributed by atoms with van der Waals surface area (Å²) in [5.74, 6) is 1.02. The fraction of sp³-hybridized carbons (Fsp3) is 0.477. The lowest BCUT2D eigenvalue weighted by atomic mass is 9.68. The van der Waals surface area contributed by atoms with Crippen molar-refractivity contribution in [2.45, 2.75) is 110 Å². The van der Waals surface area contributed by atoms with Gasteiger partial charge in [0.05, 0.1) is 15.9 Å². The molecule has 276 valence electrons. The van der Waals surface area contributed by atoms with E-state index in [-0.39, 0.29) is 16.0 Å². The Kier molecular flexibility index (Phi) is 10.6. The molecular formula is C44H53F3N3O2+. The van der Waals surface area contributed by atoms with E-state index in [1.807, 2.05) is 19.9 Å². The third kappa shape index (κ3) is 7.35. The summed E-state index contributed by atoms with van der Waals surface area (Å²) in [5.41, 5.74) is 6.77. The highest BCUT2D eigenvalue weighted by atomic mass is 19.4. The maximum absolute atomic E-state index is 13.9. The Balaban J connectivity index is 1.42. The molecule has 0 atom stereocenters. The maximum atomic E-state index is 13.9. The highest BCUT2D eigenvalue weighted by molar-refractivity contribution is 6.03. The van der Waals surface area contributed by atoms with Gasteiger partial charge in [0.2, 0.25) is 5.69 Å². The predicted octanol–water partition coefficient (Wildman–Crippen LogP) is 11.6. The van der Waals surface area contributed by atoms with E-state index >= 15 is 0 Å². The second-order valence-electron chi connectivity index (χ2n) is 16.4. The Labute approximate surface area is 307 Å². The fourth-order valence-corrected chi connectivity index (χ4v) is 8.72. The SMILES string of the molecule is CC(C)CC[N+]1=C(/C=C/C=C2/N(CCc3ccc(CC(C)C)cc3)c3ccc([N+](=O)[O-])cc3C23CCCCC3)C(C)(C)c2cc(C(F)(F)F)ccc21. The summed E-state index contributed by atoms with van der Waals surface area (Å²) in [6.07, 6.45) is 9.74. The minimum atomic E-state index is -4.42. The van der Waals surface area contributed by atoms with Crippen molar-refractivity contribution >= 4 is 22.8 Å². The van der Waals surface area contributed by atoms with Gasteiger partial charge in [0.15, 0.2) is 5.71 Å². The molecule has 0 unspecified atom stereocenters. The zero-order valence-electron chi connectivity index (χ0n) is 31.5. The lowest BCUT2D eigenvalue weighted by molar-refractivity contribution is -0.439. The average Bonchev–Trinajstić information content (AvgIpc) is 3.46. The standard InChI is InChI=1S/C44H53F3N3O2/c1-30(2)21-25-48-38-19-17-34(44(45,46)47)28-36(38)42(5,6)40(48)11-10-12-41-43(23-8-7-9-24-43)37-29-35(50(51)52)18-20-39(37)49(41)26-22-32-13-15-33(16-14-32)27-31(3)4/h10-20,28-31H,7-9,21-27H2,1-6H3/q+1. The molecule has 3 aromatic rings. The van der Waals surface area contributed by atoms with Crippen LogP contribution in [0.15, 0.2) is 84.6 Å². The number of rotatable bonds is 11. The number of nitro groups is 1. The van der Waals surface area contributed by atoms with E-state index < -0.39 is 17.2 Å². The first-order chi connectivity index (χ1) is 24.6. The van der Waals surface area contributed by atoms with E-state index in [0.717, 1.165) is 86.3 Å². The van der Waals surface area contributed by atoms with E-state index in [9.17, 15) is 23.3 Å². The number of anilines is 1. The molecule has 0 aromatic heterocycles. The summed E-state index contributed by atoms with van der Waals surface area (Å²) in [5, 5.41) is 12.0. The molecule has 3 aliphatic rings. The number of halogens is 3. The van der Waals surface area contributed by atoms with Crippen LogP contribution in [0, 0.1) is 22.0 Å². The Hall–Kier alpha value is -4.20. The van der Waals surface area contributed by atoms with E-state index in [4.69, 9.17) is 0 Å². The van der Waals surface area contributed by atoms with E-state index in [0.29, 0.717) is 23.9 Å². The first-order valence-corrected chi connectivity index (χ1v) is 19.0. The van der Waals surface area contributed by atoms with Gasteiger partial charge in [-0.1, -0.05) is 77.3 Å². The Morgan fingerprint density at radius 2 is 1.60 bits per heavy atom. The van der Waals surface area contributed by atoms with Gasteiger partial charge in [-0.3, -0.25) is 10.1 Å². The molecule has 0 radical (unpaired) electrons. The number of alkyl halides is 3. The smallest absolute Gasteiger partial charge is 0.344 e. The summed E-state index contributed by atoms with van der Waals surface area (Å²) in [6, 6.07) is 18.4. The summed E-state index contributed by atoms with van der Waals surface area (Å²) in [7, 11) is 0. The van der Waals surface area contributed by atoms with Crippen LogP contribution >= 0.6 is 0 Å². The van der Waals surface area contributed by atoms with Gasteiger partial charge >= 0.3 is 6.18 Å². The van der Waals surface area contributed by atoms with Crippen molar-refractivity contribution in [2.24, 2.45) is 11.8 Å². The second kappa shape index (κ2) is 14.7. The lowest BCUT2D eigenvalue weighted by Gasteiger charge is -2.37. The second-order valence-corrected chi connectivity index (χ2v) is 16.4. The number of allylic oxidation sites excluding steroid dienone is 4. The molecule has 0 saturated heterocycles. The molecule has 1 saturated carbocycles. The molecule has 6 rings (SSSR count). The normalized spacial score (nSPS) is 18.8. The first kappa shape index (κ1) is 37.6.